The van der Waals surface area contributed by atoms with E-state index in [0.717, 1.165) is 12.2 Å². The molecule has 1 aliphatic rings. The van der Waals surface area contributed by atoms with Crippen molar-refractivity contribution in [2.24, 2.45) is 5.10 Å². The Balaban J connectivity index is 2.31. The first-order chi connectivity index (χ1) is 8.97. The van der Waals surface area contributed by atoms with Crippen molar-refractivity contribution in [3.63, 3.8) is 0 Å². The van der Waals surface area contributed by atoms with Crippen LogP contribution in [0.3, 0.4) is 0 Å². The van der Waals surface area contributed by atoms with Gasteiger partial charge in [0.25, 0.3) is 0 Å². The van der Waals surface area contributed by atoms with Crippen LogP contribution in [0.15, 0.2) is 23.3 Å². The monoisotopic (exact) mass is 253 g/mol. The van der Waals surface area contributed by atoms with Crippen LogP contribution in [0.5, 0.6) is 0 Å². The van der Waals surface area contributed by atoms with E-state index in [0.29, 0.717) is 0 Å². The summed E-state index contributed by atoms with van der Waals surface area (Å²) in [6.45, 7) is 5.35. The summed E-state index contributed by atoms with van der Waals surface area (Å²) in [5.41, 5.74) is 5.88. The van der Waals surface area contributed by atoms with Crippen LogP contribution in [0.25, 0.3) is 0 Å². The summed E-state index contributed by atoms with van der Waals surface area (Å²) < 4.78 is 0. The number of hydrazone groups is 1. The van der Waals surface area contributed by atoms with Gasteiger partial charge in [0.2, 0.25) is 5.71 Å². The highest BCUT2D eigenvalue weighted by Crippen LogP contribution is 2.40. The first-order valence-corrected chi connectivity index (χ1v) is 5.97. The van der Waals surface area contributed by atoms with Crippen molar-refractivity contribution in [3.8, 4) is 12.1 Å². The third-order valence-electron chi connectivity index (χ3n) is 3.28. The number of nitriles is 2. The van der Waals surface area contributed by atoms with Crippen LogP contribution in [-0.4, -0.2) is 19.3 Å². The first kappa shape index (κ1) is 12.9. The predicted octanol–water partition coefficient (Wildman–Crippen LogP) is 2.23. The van der Waals surface area contributed by atoms with Crippen molar-refractivity contribution < 1.29 is 0 Å². The lowest BCUT2D eigenvalue weighted by Gasteiger charge is -2.18. The Kier molecular flexibility index (Phi) is 3.14. The summed E-state index contributed by atoms with van der Waals surface area (Å²) in [4.78, 5) is 2.22. The number of likely N-dealkylation sites (N-methyl/N-ethyl adjacent to an activating group) is 1. The van der Waals surface area contributed by atoms with Gasteiger partial charge < -0.3 is 4.90 Å². The van der Waals surface area contributed by atoms with E-state index in [9.17, 15) is 0 Å². The maximum atomic E-state index is 8.63. The molecule has 1 aromatic rings. The second-order valence-corrected chi connectivity index (χ2v) is 5.27. The smallest absolute Gasteiger partial charge is 0.237 e. The predicted molar refractivity (Wildman–Crippen MR) is 75.0 cm³/mol. The molecule has 0 atom stereocenters. The van der Waals surface area contributed by atoms with Gasteiger partial charge in [0, 0.05) is 24.7 Å². The molecule has 0 fully saturated rings. The van der Waals surface area contributed by atoms with Crippen molar-refractivity contribution in [2.75, 3.05) is 23.9 Å². The van der Waals surface area contributed by atoms with E-state index in [1.54, 1.807) is 12.1 Å². The van der Waals surface area contributed by atoms with Crippen LogP contribution in [0.2, 0.25) is 0 Å². The van der Waals surface area contributed by atoms with E-state index in [1.165, 1.54) is 11.3 Å². The maximum Gasteiger partial charge on any atom is 0.237 e. The fourth-order valence-corrected chi connectivity index (χ4v) is 2.44. The summed E-state index contributed by atoms with van der Waals surface area (Å²) >= 11 is 0. The molecule has 1 N–H and O–H groups in total. The fourth-order valence-electron chi connectivity index (χ4n) is 2.44. The topological polar surface area (TPSA) is 75.2 Å². The molecule has 0 radical (unpaired) electrons. The number of fused-ring (bicyclic) bond motifs is 1. The first-order valence-electron chi connectivity index (χ1n) is 5.97. The van der Waals surface area contributed by atoms with Gasteiger partial charge in [-0.05, 0) is 23.8 Å². The van der Waals surface area contributed by atoms with Gasteiger partial charge in [0.15, 0.2) is 0 Å². The summed E-state index contributed by atoms with van der Waals surface area (Å²) in [7, 11) is 2.07. The minimum absolute atomic E-state index is 0.0821. The van der Waals surface area contributed by atoms with Crippen molar-refractivity contribution >= 4 is 17.1 Å². The van der Waals surface area contributed by atoms with Gasteiger partial charge in [-0.1, -0.05) is 13.8 Å². The molecule has 0 unspecified atom stereocenters. The van der Waals surface area contributed by atoms with E-state index in [2.05, 4.69) is 36.3 Å². The second kappa shape index (κ2) is 4.62. The third-order valence-corrected chi connectivity index (χ3v) is 3.28. The van der Waals surface area contributed by atoms with Crippen LogP contribution in [0.4, 0.5) is 11.4 Å². The number of hydrogen-bond acceptors (Lipinski definition) is 5. The average Bonchev–Trinajstić information content (AvgIpc) is 2.61. The number of anilines is 2. The molecule has 0 aliphatic carbocycles. The molecule has 0 spiro atoms. The molecule has 1 aromatic carbocycles. The largest absolute Gasteiger partial charge is 0.373 e. The molecule has 0 saturated carbocycles. The quantitative estimate of drug-likeness (QED) is 0.647. The lowest BCUT2D eigenvalue weighted by Crippen LogP contribution is -2.24. The molecule has 2 rings (SSSR count). The molecule has 96 valence electrons. The summed E-state index contributed by atoms with van der Waals surface area (Å²) in [6, 6.07) is 9.38. The second-order valence-electron chi connectivity index (χ2n) is 5.27. The lowest BCUT2D eigenvalue weighted by molar-refractivity contribution is 0.563. The highest BCUT2D eigenvalue weighted by atomic mass is 15.3. The van der Waals surface area contributed by atoms with Gasteiger partial charge in [-0.2, -0.15) is 15.6 Å². The summed E-state index contributed by atoms with van der Waals surface area (Å²) in [6.07, 6.45) is 0. The molecule has 5 nitrogen and oxygen atoms in total. The number of rotatable bonds is 2. The highest BCUT2D eigenvalue weighted by Gasteiger charge is 2.33. The van der Waals surface area contributed by atoms with E-state index < -0.39 is 0 Å². The Bertz CT molecular complexity index is 600. The van der Waals surface area contributed by atoms with Gasteiger partial charge in [-0.25, -0.2) is 0 Å². The Morgan fingerprint density at radius 3 is 2.68 bits per heavy atom. The van der Waals surface area contributed by atoms with Crippen LogP contribution >= 0.6 is 0 Å². The Morgan fingerprint density at radius 2 is 2.05 bits per heavy atom. The molecule has 1 aliphatic heterocycles. The van der Waals surface area contributed by atoms with Crippen LogP contribution in [0.1, 0.15) is 19.4 Å². The number of nitrogens with zero attached hydrogens (tertiary/aromatic N) is 4. The molecule has 1 heterocycles. The van der Waals surface area contributed by atoms with Gasteiger partial charge in [0.05, 0.1) is 5.69 Å². The fraction of sp³-hybridized carbons (Fsp3) is 0.357. The van der Waals surface area contributed by atoms with E-state index in [-0.39, 0.29) is 11.1 Å². The van der Waals surface area contributed by atoms with Crippen LogP contribution in [0, 0.1) is 22.7 Å². The molecule has 19 heavy (non-hydrogen) atoms. The van der Waals surface area contributed by atoms with Crippen molar-refractivity contribution in [2.45, 2.75) is 19.3 Å². The third kappa shape index (κ3) is 2.36. The standard InChI is InChI=1S/C14H15N5/c1-14(2)9-19(3)13-5-4-10(6-12(13)14)17-18-11(7-15)8-16/h4-6,17H,9H2,1-3H3. The summed E-state index contributed by atoms with van der Waals surface area (Å²) in [5, 5.41) is 21.0. The zero-order valence-corrected chi connectivity index (χ0v) is 11.2. The van der Waals surface area contributed by atoms with Crippen LogP contribution in [-0.2, 0) is 5.41 Å². The number of benzene rings is 1. The average molecular weight is 253 g/mol. The lowest BCUT2D eigenvalue weighted by atomic mass is 9.87. The molecular formula is C14H15N5. The molecule has 0 amide bonds. The van der Waals surface area contributed by atoms with Gasteiger partial charge in [-0.15, -0.1) is 0 Å². The zero-order chi connectivity index (χ0) is 14.0. The van der Waals surface area contributed by atoms with Gasteiger partial charge in [0.1, 0.15) is 12.1 Å². The molecule has 5 heteroatoms. The Morgan fingerprint density at radius 1 is 1.37 bits per heavy atom. The minimum Gasteiger partial charge on any atom is -0.373 e. The van der Waals surface area contributed by atoms with E-state index in [1.807, 2.05) is 18.2 Å². The highest BCUT2D eigenvalue weighted by molar-refractivity contribution is 6.10. The Hall–Kier alpha value is -2.53. The van der Waals surface area contributed by atoms with Crippen molar-refractivity contribution in [3.05, 3.63) is 23.8 Å². The molecule has 0 aromatic heterocycles. The molecular weight excluding hydrogens is 238 g/mol. The number of nitrogens with one attached hydrogen (secondary N) is 1. The van der Waals surface area contributed by atoms with E-state index in [4.69, 9.17) is 10.5 Å². The SMILES string of the molecule is CN1CC(C)(C)c2cc(NN=C(C#N)C#N)ccc21. The summed E-state index contributed by atoms with van der Waals surface area (Å²) in [5.74, 6) is 0. The van der Waals surface area contributed by atoms with Crippen molar-refractivity contribution in [1.82, 2.24) is 0 Å². The van der Waals surface area contributed by atoms with Gasteiger partial charge in [-0.3, -0.25) is 5.43 Å². The molecule has 0 saturated heterocycles. The van der Waals surface area contributed by atoms with Crippen LogP contribution < -0.4 is 10.3 Å². The number of hydrogen-bond donors (Lipinski definition) is 1. The zero-order valence-electron chi connectivity index (χ0n) is 11.2. The molecule has 0 bridgehead atoms. The maximum absolute atomic E-state index is 8.63. The van der Waals surface area contributed by atoms with Crippen molar-refractivity contribution in [1.29, 1.82) is 10.5 Å². The van der Waals surface area contributed by atoms with Gasteiger partial charge >= 0.3 is 0 Å². The normalized spacial score (nSPS) is 15.1. The van der Waals surface area contributed by atoms with E-state index >= 15 is 0 Å². The minimum atomic E-state index is -0.183. The Labute approximate surface area is 112 Å².